The van der Waals surface area contributed by atoms with Crippen LogP contribution < -0.4 is 0 Å². The number of hydrogen-bond donors (Lipinski definition) is 2. The van der Waals surface area contributed by atoms with Gasteiger partial charge in [0.25, 0.3) is 5.91 Å². The second-order valence-electron chi connectivity index (χ2n) is 7.39. The van der Waals surface area contributed by atoms with E-state index in [2.05, 4.69) is 4.57 Å². The summed E-state index contributed by atoms with van der Waals surface area (Å²) in [6, 6.07) is 11.8. The molecule has 1 saturated heterocycles. The van der Waals surface area contributed by atoms with Gasteiger partial charge in [-0.25, -0.2) is 0 Å². The Balaban J connectivity index is 1.41. The van der Waals surface area contributed by atoms with Gasteiger partial charge in [0.15, 0.2) is 0 Å². The number of likely N-dealkylation sites (tertiary alicyclic amines) is 1. The van der Waals surface area contributed by atoms with Gasteiger partial charge in [0.1, 0.15) is 0 Å². The van der Waals surface area contributed by atoms with Crippen molar-refractivity contribution < 1.29 is 15.0 Å². The first kappa shape index (κ1) is 16.4. The molecule has 2 aliphatic rings. The number of rotatable bonds is 3. The highest BCUT2D eigenvalue weighted by atomic mass is 16.3. The molecule has 4 atom stereocenters. The summed E-state index contributed by atoms with van der Waals surface area (Å²) in [5, 5.41) is 19.7. The number of fused-ring (bicyclic) bond motifs is 1. The van der Waals surface area contributed by atoms with Gasteiger partial charge in [-0.1, -0.05) is 12.1 Å². The molecule has 1 aromatic carbocycles. The monoisotopic (exact) mass is 340 g/mol. The lowest BCUT2D eigenvalue weighted by molar-refractivity contribution is -0.0372. The Morgan fingerprint density at radius 3 is 2.08 bits per heavy atom. The molecule has 1 amide bonds. The number of benzene rings is 1. The Kier molecular flexibility index (Phi) is 4.36. The third kappa shape index (κ3) is 3.34. The first-order valence-electron chi connectivity index (χ1n) is 8.95. The smallest absolute Gasteiger partial charge is 0.253 e. The highest BCUT2D eigenvalue weighted by Crippen LogP contribution is 2.37. The predicted molar refractivity (Wildman–Crippen MR) is 94.1 cm³/mol. The van der Waals surface area contributed by atoms with Gasteiger partial charge in [0.2, 0.25) is 0 Å². The van der Waals surface area contributed by atoms with Gasteiger partial charge in [0.05, 0.1) is 12.2 Å². The quantitative estimate of drug-likeness (QED) is 0.894. The molecule has 0 unspecified atom stereocenters. The van der Waals surface area contributed by atoms with Crippen LogP contribution in [-0.4, -0.2) is 50.9 Å². The van der Waals surface area contributed by atoms with E-state index in [1.165, 1.54) is 0 Å². The predicted octanol–water partition coefficient (Wildman–Crippen LogP) is 1.74. The van der Waals surface area contributed by atoms with E-state index in [9.17, 15) is 15.0 Å². The Labute approximate surface area is 147 Å². The Hall–Kier alpha value is -2.11. The van der Waals surface area contributed by atoms with Gasteiger partial charge in [-0.3, -0.25) is 4.79 Å². The van der Waals surface area contributed by atoms with E-state index >= 15 is 0 Å². The molecule has 5 nitrogen and oxygen atoms in total. The van der Waals surface area contributed by atoms with Gasteiger partial charge in [0, 0.05) is 37.6 Å². The van der Waals surface area contributed by atoms with Gasteiger partial charge < -0.3 is 19.7 Å². The van der Waals surface area contributed by atoms with Crippen LogP contribution in [0.3, 0.4) is 0 Å². The van der Waals surface area contributed by atoms with E-state index in [1.54, 1.807) is 0 Å². The number of hydrogen-bond acceptors (Lipinski definition) is 3. The zero-order valence-electron chi connectivity index (χ0n) is 14.2. The molecular weight excluding hydrogens is 316 g/mol. The summed E-state index contributed by atoms with van der Waals surface area (Å²) in [4.78, 5) is 14.7. The van der Waals surface area contributed by atoms with Gasteiger partial charge in [-0.15, -0.1) is 0 Å². The highest BCUT2D eigenvalue weighted by molar-refractivity contribution is 5.94. The molecule has 1 aliphatic heterocycles. The van der Waals surface area contributed by atoms with Gasteiger partial charge in [-0.05, 0) is 54.5 Å². The number of aromatic nitrogens is 1. The SMILES string of the molecule is O=C(c1ccc(Cn2cccc2)cc1)N1C[C@H]2C[C@H](O)[C@@H](O)C[C@H]2C1. The molecule has 25 heavy (non-hydrogen) atoms. The van der Waals surface area contributed by atoms with Crippen molar-refractivity contribution in [2.45, 2.75) is 31.6 Å². The van der Waals surface area contributed by atoms with E-state index in [0.717, 1.165) is 12.1 Å². The van der Waals surface area contributed by atoms with Crippen molar-refractivity contribution in [3.05, 3.63) is 59.9 Å². The first-order valence-corrected chi connectivity index (χ1v) is 8.95. The Bertz CT molecular complexity index is 708. The second kappa shape index (κ2) is 6.65. The summed E-state index contributed by atoms with van der Waals surface area (Å²) < 4.78 is 2.10. The second-order valence-corrected chi connectivity index (χ2v) is 7.39. The fraction of sp³-hybridized carbons (Fsp3) is 0.450. The van der Waals surface area contributed by atoms with Gasteiger partial charge >= 0.3 is 0 Å². The first-order chi connectivity index (χ1) is 12.1. The minimum absolute atomic E-state index is 0.0471. The van der Waals surface area contributed by atoms with E-state index in [0.29, 0.717) is 43.3 Å². The molecule has 132 valence electrons. The molecule has 0 bridgehead atoms. The maximum Gasteiger partial charge on any atom is 0.253 e. The third-order valence-corrected chi connectivity index (χ3v) is 5.63. The molecule has 0 radical (unpaired) electrons. The van der Waals surface area contributed by atoms with Crippen molar-refractivity contribution in [1.29, 1.82) is 0 Å². The fourth-order valence-electron chi connectivity index (χ4n) is 4.19. The normalized spacial score (nSPS) is 28.8. The lowest BCUT2D eigenvalue weighted by Crippen LogP contribution is -2.38. The average molecular weight is 340 g/mol. The minimum Gasteiger partial charge on any atom is -0.390 e. The fourth-order valence-corrected chi connectivity index (χ4v) is 4.19. The van der Waals surface area contributed by atoms with Crippen LogP contribution in [0.25, 0.3) is 0 Å². The van der Waals surface area contributed by atoms with Crippen LogP contribution in [0.4, 0.5) is 0 Å². The molecule has 1 saturated carbocycles. The Morgan fingerprint density at radius 2 is 1.52 bits per heavy atom. The number of carbonyl (C=O) groups is 1. The molecule has 5 heteroatoms. The molecule has 1 aromatic heterocycles. The van der Waals surface area contributed by atoms with Crippen molar-refractivity contribution >= 4 is 5.91 Å². The molecule has 2 fully saturated rings. The van der Waals surface area contributed by atoms with Crippen LogP contribution in [0.5, 0.6) is 0 Å². The van der Waals surface area contributed by atoms with E-state index in [-0.39, 0.29) is 5.91 Å². The number of aliphatic hydroxyl groups excluding tert-OH is 2. The van der Waals surface area contributed by atoms with Crippen molar-refractivity contribution in [2.24, 2.45) is 11.8 Å². The van der Waals surface area contributed by atoms with E-state index < -0.39 is 12.2 Å². The van der Waals surface area contributed by atoms with Crippen LogP contribution in [0.2, 0.25) is 0 Å². The van der Waals surface area contributed by atoms with Crippen molar-refractivity contribution in [3.8, 4) is 0 Å². The maximum absolute atomic E-state index is 12.8. The van der Waals surface area contributed by atoms with E-state index in [4.69, 9.17) is 0 Å². The van der Waals surface area contributed by atoms with Gasteiger partial charge in [-0.2, -0.15) is 0 Å². The standard InChI is InChI=1S/C20H24N2O3/c23-18-9-16-12-22(13-17(16)10-19(18)24)20(25)15-5-3-14(4-6-15)11-21-7-1-2-8-21/h1-8,16-19,23-24H,9-13H2/t16-,17+,18-,19-/m0/s1. The molecule has 0 spiro atoms. The molecule has 2 aromatic rings. The lowest BCUT2D eigenvalue weighted by Gasteiger charge is -2.31. The van der Waals surface area contributed by atoms with Crippen LogP contribution >= 0.6 is 0 Å². The minimum atomic E-state index is -0.649. The van der Waals surface area contributed by atoms with Crippen molar-refractivity contribution in [1.82, 2.24) is 9.47 Å². The molecule has 1 aliphatic carbocycles. The third-order valence-electron chi connectivity index (χ3n) is 5.63. The molecular formula is C20H24N2O3. The molecule has 4 rings (SSSR count). The number of amides is 1. The molecule has 2 heterocycles. The van der Waals surface area contributed by atoms with Crippen LogP contribution in [0.15, 0.2) is 48.8 Å². The van der Waals surface area contributed by atoms with Crippen LogP contribution in [0.1, 0.15) is 28.8 Å². The topological polar surface area (TPSA) is 65.7 Å². The number of aliphatic hydroxyl groups is 2. The number of nitrogens with zero attached hydrogens (tertiary/aromatic N) is 2. The van der Waals surface area contributed by atoms with Crippen LogP contribution in [0, 0.1) is 11.8 Å². The summed E-state index contributed by atoms with van der Waals surface area (Å²) in [6.07, 6.45) is 3.92. The summed E-state index contributed by atoms with van der Waals surface area (Å²) >= 11 is 0. The number of carbonyl (C=O) groups excluding carboxylic acids is 1. The Morgan fingerprint density at radius 1 is 0.960 bits per heavy atom. The summed E-state index contributed by atoms with van der Waals surface area (Å²) in [7, 11) is 0. The largest absolute Gasteiger partial charge is 0.390 e. The van der Waals surface area contributed by atoms with E-state index in [1.807, 2.05) is 53.7 Å². The average Bonchev–Trinajstić information content (AvgIpc) is 3.25. The van der Waals surface area contributed by atoms with Crippen LogP contribution in [-0.2, 0) is 6.54 Å². The summed E-state index contributed by atoms with van der Waals surface area (Å²) in [5.41, 5.74) is 1.87. The lowest BCUT2D eigenvalue weighted by atomic mass is 9.79. The zero-order chi connectivity index (χ0) is 17.4. The summed E-state index contributed by atoms with van der Waals surface area (Å²) in [6.45, 7) is 2.15. The summed E-state index contributed by atoms with van der Waals surface area (Å²) in [5.74, 6) is 0.650. The maximum atomic E-state index is 12.8. The highest BCUT2D eigenvalue weighted by Gasteiger charge is 2.42. The van der Waals surface area contributed by atoms with Crippen molar-refractivity contribution in [2.75, 3.05) is 13.1 Å². The zero-order valence-corrected chi connectivity index (χ0v) is 14.2. The van der Waals surface area contributed by atoms with Crippen molar-refractivity contribution in [3.63, 3.8) is 0 Å². The molecule has 2 N–H and O–H groups in total.